The topological polar surface area (TPSA) is 34.2 Å². The largest absolute Gasteiger partial charge is 0.340 e. The van der Waals surface area contributed by atoms with Crippen molar-refractivity contribution in [1.29, 1.82) is 0 Å². The molecule has 56 heavy (non-hydrogen) atoms. The van der Waals surface area contributed by atoms with E-state index in [4.69, 9.17) is 4.99 Å². The van der Waals surface area contributed by atoms with Gasteiger partial charge in [-0.3, -0.25) is 4.99 Å². The molecular weight excluding hydrogens is 681 g/mol. The average molecular weight is 717 g/mol. The number of nitrogens with zero attached hydrogens (tertiary/aromatic N) is 3. The molecule has 1 unspecified atom stereocenters. The van der Waals surface area contributed by atoms with Gasteiger partial charge in [-0.05, 0) is 76.9 Å². The number of benzene rings is 8. The fraction of sp³-hybridized carbons (Fsp3) is 0.0192. The number of amidine groups is 1. The highest BCUT2D eigenvalue weighted by Crippen LogP contribution is 2.39. The van der Waals surface area contributed by atoms with Gasteiger partial charge in [-0.1, -0.05) is 152 Å². The van der Waals surface area contributed by atoms with Gasteiger partial charge >= 0.3 is 0 Å². The van der Waals surface area contributed by atoms with Crippen molar-refractivity contribution in [3.63, 3.8) is 0 Å². The summed E-state index contributed by atoms with van der Waals surface area (Å²) in [6, 6.07) is 71.5. The van der Waals surface area contributed by atoms with E-state index in [0.29, 0.717) is 0 Å². The zero-order valence-corrected chi connectivity index (χ0v) is 30.5. The van der Waals surface area contributed by atoms with E-state index in [1.807, 2.05) is 0 Å². The molecule has 10 aromatic rings. The fourth-order valence-electron chi connectivity index (χ4n) is 8.56. The SMILES string of the molecule is C1=C(c2cccc(-c3ccccc3)c2)NC(c2ccccc2)=NC1c1cc(-n2c3ccccc3c3ccccc32)cc(-n2c3ccccc3c3ccccc32)c1. The lowest BCUT2D eigenvalue weighted by Gasteiger charge is -2.25. The van der Waals surface area contributed by atoms with E-state index >= 15 is 0 Å². The van der Waals surface area contributed by atoms with Gasteiger partial charge in [-0.2, -0.15) is 0 Å². The van der Waals surface area contributed by atoms with E-state index in [1.54, 1.807) is 0 Å². The maximum Gasteiger partial charge on any atom is 0.133 e. The lowest BCUT2D eigenvalue weighted by atomic mass is 9.97. The Balaban J connectivity index is 1.18. The van der Waals surface area contributed by atoms with Crippen LogP contribution in [-0.4, -0.2) is 15.0 Å². The smallest absolute Gasteiger partial charge is 0.133 e. The third kappa shape index (κ3) is 5.34. The molecule has 0 saturated heterocycles. The number of hydrogen-bond acceptors (Lipinski definition) is 2. The van der Waals surface area contributed by atoms with Crippen LogP contribution in [0.1, 0.15) is 22.7 Å². The zero-order chi connectivity index (χ0) is 37.0. The van der Waals surface area contributed by atoms with Gasteiger partial charge in [0.2, 0.25) is 0 Å². The Morgan fingerprint density at radius 3 is 1.32 bits per heavy atom. The highest BCUT2D eigenvalue weighted by molar-refractivity contribution is 6.11. The van der Waals surface area contributed by atoms with Crippen LogP contribution in [0.4, 0.5) is 0 Å². The van der Waals surface area contributed by atoms with Crippen LogP contribution in [0.5, 0.6) is 0 Å². The van der Waals surface area contributed by atoms with Gasteiger partial charge in [0, 0.05) is 44.2 Å². The summed E-state index contributed by atoms with van der Waals surface area (Å²) in [5, 5.41) is 8.69. The Morgan fingerprint density at radius 1 is 0.375 bits per heavy atom. The average Bonchev–Trinajstić information content (AvgIpc) is 3.80. The van der Waals surface area contributed by atoms with Gasteiger partial charge < -0.3 is 14.5 Å². The molecule has 0 aliphatic carbocycles. The van der Waals surface area contributed by atoms with Crippen LogP contribution in [0, 0.1) is 0 Å². The summed E-state index contributed by atoms with van der Waals surface area (Å²) in [6.07, 6.45) is 2.29. The van der Waals surface area contributed by atoms with E-state index in [0.717, 1.165) is 39.6 Å². The Kier molecular flexibility index (Phi) is 7.52. The fourth-order valence-corrected chi connectivity index (χ4v) is 8.56. The van der Waals surface area contributed by atoms with Crippen LogP contribution in [0.3, 0.4) is 0 Å². The Hall–Kier alpha value is -7.43. The second-order valence-electron chi connectivity index (χ2n) is 14.5. The van der Waals surface area contributed by atoms with Crippen LogP contribution in [-0.2, 0) is 0 Å². The number of hydrogen-bond donors (Lipinski definition) is 1. The monoisotopic (exact) mass is 716 g/mol. The van der Waals surface area contributed by atoms with Crippen molar-refractivity contribution in [2.24, 2.45) is 4.99 Å². The molecule has 2 aromatic heterocycles. The minimum atomic E-state index is -0.276. The second-order valence-corrected chi connectivity index (χ2v) is 14.5. The van der Waals surface area contributed by atoms with Gasteiger partial charge in [0.05, 0.1) is 28.1 Å². The van der Waals surface area contributed by atoms with Crippen molar-refractivity contribution in [2.75, 3.05) is 0 Å². The van der Waals surface area contributed by atoms with Crippen LogP contribution in [0.25, 0.3) is 71.8 Å². The molecule has 0 fully saturated rings. The van der Waals surface area contributed by atoms with Crippen LogP contribution >= 0.6 is 0 Å². The van der Waals surface area contributed by atoms with Gasteiger partial charge in [-0.15, -0.1) is 0 Å². The first-order chi connectivity index (χ1) is 27.8. The van der Waals surface area contributed by atoms with Gasteiger partial charge in [0.1, 0.15) is 5.84 Å². The van der Waals surface area contributed by atoms with Crippen LogP contribution in [0.15, 0.2) is 211 Å². The van der Waals surface area contributed by atoms with E-state index in [9.17, 15) is 0 Å². The number of para-hydroxylation sites is 4. The maximum absolute atomic E-state index is 5.48. The quantitative estimate of drug-likeness (QED) is 0.183. The van der Waals surface area contributed by atoms with Gasteiger partial charge in [-0.25, -0.2) is 0 Å². The minimum Gasteiger partial charge on any atom is -0.340 e. The molecule has 0 radical (unpaired) electrons. The Morgan fingerprint density at radius 2 is 0.804 bits per heavy atom. The molecule has 8 aromatic carbocycles. The van der Waals surface area contributed by atoms with Crippen LogP contribution < -0.4 is 5.32 Å². The zero-order valence-electron chi connectivity index (χ0n) is 30.5. The first-order valence-electron chi connectivity index (χ1n) is 19.2. The molecule has 0 bridgehead atoms. The first-order valence-corrected chi connectivity index (χ1v) is 19.2. The molecule has 1 atom stereocenters. The number of aromatic nitrogens is 2. The maximum atomic E-state index is 5.48. The van der Waals surface area contributed by atoms with Gasteiger partial charge in [0.15, 0.2) is 0 Å². The van der Waals surface area contributed by atoms with Crippen molar-refractivity contribution >= 4 is 55.1 Å². The lowest BCUT2D eigenvalue weighted by molar-refractivity contribution is 0.875. The molecule has 11 rings (SSSR count). The molecule has 1 aliphatic rings. The summed E-state index contributed by atoms with van der Waals surface area (Å²) in [4.78, 5) is 5.48. The lowest BCUT2D eigenvalue weighted by Crippen LogP contribution is -2.27. The molecule has 0 saturated carbocycles. The molecule has 1 aliphatic heterocycles. The van der Waals surface area contributed by atoms with Crippen molar-refractivity contribution in [2.45, 2.75) is 6.04 Å². The summed E-state index contributed by atoms with van der Waals surface area (Å²) in [5.41, 5.74) is 13.5. The standard InChI is InChI=1S/C52H36N4/c1-3-16-35(17-4-1)37-20-15-21-38(30-37)46-34-47(54-52(53-46)36-18-5-2-6-19-36)39-31-40(55-48-26-11-7-22-42(48)43-23-8-12-27-49(43)55)33-41(32-39)56-50-28-13-9-24-44(50)45-25-10-14-29-51(45)56/h1-34,47H,(H,53,54). The summed E-state index contributed by atoms with van der Waals surface area (Å²) < 4.78 is 4.84. The van der Waals surface area contributed by atoms with Crippen molar-refractivity contribution in [3.8, 4) is 22.5 Å². The predicted octanol–water partition coefficient (Wildman–Crippen LogP) is 12.7. The first kappa shape index (κ1) is 32.0. The van der Waals surface area contributed by atoms with E-state index in [-0.39, 0.29) is 6.04 Å². The molecule has 4 heteroatoms. The normalized spacial score (nSPS) is 14.2. The van der Waals surface area contributed by atoms with Crippen molar-refractivity contribution in [1.82, 2.24) is 14.5 Å². The molecule has 4 nitrogen and oxygen atoms in total. The summed E-state index contributed by atoms with van der Waals surface area (Å²) in [7, 11) is 0. The molecule has 3 heterocycles. The Bertz CT molecular complexity index is 2930. The summed E-state index contributed by atoms with van der Waals surface area (Å²) in [6.45, 7) is 0. The highest BCUT2D eigenvalue weighted by atomic mass is 15.1. The number of aliphatic imine (C=N–C) groups is 1. The third-order valence-electron chi connectivity index (χ3n) is 11.1. The molecule has 0 amide bonds. The highest BCUT2D eigenvalue weighted by Gasteiger charge is 2.23. The molecular formula is C52H36N4. The van der Waals surface area contributed by atoms with E-state index in [2.05, 4.69) is 221 Å². The van der Waals surface area contributed by atoms with Gasteiger partial charge in [0.25, 0.3) is 0 Å². The van der Waals surface area contributed by atoms with E-state index in [1.165, 1.54) is 54.7 Å². The molecule has 264 valence electrons. The summed E-state index contributed by atoms with van der Waals surface area (Å²) >= 11 is 0. The predicted molar refractivity (Wildman–Crippen MR) is 234 cm³/mol. The summed E-state index contributed by atoms with van der Waals surface area (Å²) in [5.74, 6) is 0.846. The van der Waals surface area contributed by atoms with Crippen molar-refractivity contribution in [3.05, 3.63) is 223 Å². The van der Waals surface area contributed by atoms with Crippen molar-refractivity contribution < 1.29 is 0 Å². The second kappa shape index (κ2) is 13.2. The number of nitrogens with one attached hydrogen (secondary N) is 1. The number of rotatable bonds is 6. The van der Waals surface area contributed by atoms with Crippen LogP contribution in [0.2, 0.25) is 0 Å². The minimum absolute atomic E-state index is 0.276. The Labute approximate surface area is 324 Å². The third-order valence-corrected chi connectivity index (χ3v) is 11.1. The number of fused-ring (bicyclic) bond motifs is 6. The van der Waals surface area contributed by atoms with E-state index < -0.39 is 0 Å². The molecule has 1 N–H and O–H groups in total. The molecule has 0 spiro atoms.